The lowest BCUT2D eigenvalue weighted by Crippen LogP contribution is -2.53. The topological polar surface area (TPSA) is 41.6 Å². The van der Waals surface area contributed by atoms with E-state index in [1.165, 1.54) is 0 Å². The van der Waals surface area contributed by atoms with E-state index in [1.807, 2.05) is 4.90 Å². The van der Waals surface area contributed by atoms with Crippen LogP contribution in [0, 0.1) is 5.41 Å². The van der Waals surface area contributed by atoms with Crippen LogP contribution in [0.4, 0.5) is 0 Å². The zero-order valence-electron chi connectivity index (χ0n) is 10.3. The summed E-state index contributed by atoms with van der Waals surface area (Å²) < 4.78 is 5.38. The van der Waals surface area contributed by atoms with E-state index in [-0.39, 0.29) is 11.5 Å². The summed E-state index contributed by atoms with van der Waals surface area (Å²) in [5.41, 5.74) is -0.147. The number of amides is 1. The molecule has 2 aliphatic rings. The van der Waals surface area contributed by atoms with E-state index in [0.717, 1.165) is 32.5 Å². The molecule has 92 valence electrons. The first-order valence-corrected chi connectivity index (χ1v) is 6.29. The van der Waals surface area contributed by atoms with Crippen LogP contribution in [0.3, 0.4) is 0 Å². The molecule has 0 saturated carbocycles. The molecule has 2 atom stereocenters. The Hall–Kier alpha value is -0.610. The van der Waals surface area contributed by atoms with Crippen LogP contribution >= 0.6 is 0 Å². The van der Waals surface area contributed by atoms with E-state index in [4.69, 9.17) is 4.74 Å². The second-order valence-electron chi connectivity index (χ2n) is 4.98. The molecule has 4 heteroatoms. The van der Waals surface area contributed by atoms with Crippen molar-refractivity contribution in [3.8, 4) is 0 Å². The molecule has 0 aromatic heterocycles. The number of carbonyl (C=O) groups is 1. The third-order valence-corrected chi connectivity index (χ3v) is 4.00. The molecular formula is C12H22N2O2. The minimum absolute atomic E-state index is 0.147. The third kappa shape index (κ3) is 1.96. The monoisotopic (exact) mass is 226 g/mol. The second kappa shape index (κ2) is 4.72. The molecular weight excluding hydrogens is 204 g/mol. The molecule has 2 rings (SSSR count). The molecule has 0 aliphatic carbocycles. The molecule has 0 radical (unpaired) electrons. The first kappa shape index (κ1) is 11.9. The van der Waals surface area contributed by atoms with Crippen molar-refractivity contribution in [2.45, 2.75) is 32.7 Å². The quantitative estimate of drug-likeness (QED) is 0.750. The Morgan fingerprint density at radius 3 is 3.00 bits per heavy atom. The van der Waals surface area contributed by atoms with Gasteiger partial charge in [-0.1, -0.05) is 6.92 Å². The largest absolute Gasteiger partial charge is 0.377 e. The van der Waals surface area contributed by atoms with Crippen molar-refractivity contribution in [2.24, 2.45) is 5.41 Å². The maximum absolute atomic E-state index is 12.6. The molecule has 0 spiro atoms. The van der Waals surface area contributed by atoms with E-state index in [0.29, 0.717) is 19.1 Å². The van der Waals surface area contributed by atoms with E-state index >= 15 is 0 Å². The molecule has 4 nitrogen and oxygen atoms in total. The van der Waals surface area contributed by atoms with Crippen LogP contribution in [-0.2, 0) is 9.53 Å². The van der Waals surface area contributed by atoms with Gasteiger partial charge in [0.2, 0.25) is 5.91 Å². The molecule has 0 aromatic carbocycles. The highest BCUT2D eigenvalue weighted by Gasteiger charge is 2.43. The number of nitrogens with zero attached hydrogens (tertiary/aromatic N) is 1. The lowest BCUT2D eigenvalue weighted by atomic mass is 9.82. The lowest BCUT2D eigenvalue weighted by Gasteiger charge is -2.39. The van der Waals surface area contributed by atoms with Gasteiger partial charge in [0, 0.05) is 13.1 Å². The number of hydrogen-bond acceptors (Lipinski definition) is 3. The van der Waals surface area contributed by atoms with Crippen LogP contribution < -0.4 is 5.32 Å². The lowest BCUT2D eigenvalue weighted by molar-refractivity contribution is -0.149. The number of rotatable bonds is 2. The van der Waals surface area contributed by atoms with Crippen LogP contribution in [0.25, 0.3) is 0 Å². The van der Waals surface area contributed by atoms with Gasteiger partial charge in [0.1, 0.15) is 0 Å². The zero-order valence-corrected chi connectivity index (χ0v) is 10.3. The third-order valence-electron chi connectivity index (χ3n) is 4.00. The Bertz CT molecular complexity index is 262. The first-order chi connectivity index (χ1) is 7.69. The summed E-state index contributed by atoms with van der Waals surface area (Å²) in [4.78, 5) is 14.6. The van der Waals surface area contributed by atoms with Crippen LogP contribution in [0.15, 0.2) is 0 Å². The number of nitrogens with one attached hydrogen (secondary N) is 1. The number of carbonyl (C=O) groups excluding carboxylic acids is 1. The molecule has 0 aromatic rings. The number of hydrogen-bond donors (Lipinski definition) is 1. The summed E-state index contributed by atoms with van der Waals surface area (Å²) in [6.07, 6.45) is 1.91. The van der Waals surface area contributed by atoms with Crippen LogP contribution in [0.1, 0.15) is 26.7 Å². The van der Waals surface area contributed by atoms with Gasteiger partial charge in [-0.05, 0) is 26.3 Å². The molecule has 2 fully saturated rings. The maximum Gasteiger partial charge on any atom is 0.230 e. The normalized spacial score (nSPS) is 35.4. The van der Waals surface area contributed by atoms with Gasteiger partial charge < -0.3 is 15.0 Å². The van der Waals surface area contributed by atoms with Crippen LogP contribution in [-0.4, -0.2) is 49.7 Å². The highest BCUT2D eigenvalue weighted by Crippen LogP contribution is 2.32. The van der Waals surface area contributed by atoms with E-state index in [2.05, 4.69) is 19.2 Å². The minimum Gasteiger partial charge on any atom is -0.377 e. The van der Waals surface area contributed by atoms with Crippen molar-refractivity contribution in [3.05, 3.63) is 0 Å². The molecule has 1 amide bonds. The van der Waals surface area contributed by atoms with Gasteiger partial charge in [-0.2, -0.15) is 0 Å². The van der Waals surface area contributed by atoms with Crippen LogP contribution in [0.2, 0.25) is 0 Å². The summed E-state index contributed by atoms with van der Waals surface area (Å²) >= 11 is 0. The van der Waals surface area contributed by atoms with E-state index in [1.54, 1.807) is 0 Å². The van der Waals surface area contributed by atoms with Crippen molar-refractivity contribution in [1.82, 2.24) is 10.2 Å². The SMILES string of the molecule is CCC1(C(=O)N2CCOC[C@H]2C)CCNC1. The van der Waals surface area contributed by atoms with Crippen molar-refractivity contribution in [1.29, 1.82) is 0 Å². The predicted molar refractivity (Wildman–Crippen MR) is 62.2 cm³/mol. The van der Waals surface area contributed by atoms with Gasteiger partial charge in [-0.3, -0.25) is 4.79 Å². The molecule has 2 heterocycles. The van der Waals surface area contributed by atoms with Crippen molar-refractivity contribution >= 4 is 5.91 Å². The summed E-state index contributed by atoms with van der Waals surface area (Å²) in [6.45, 7) is 8.12. The van der Waals surface area contributed by atoms with Crippen molar-refractivity contribution in [2.75, 3.05) is 32.8 Å². The fraction of sp³-hybridized carbons (Fsp3) is 0.917. The molecule has 1 unspecified atom stereocenters. The summed E-state index contributed by atoms with van der Waals surface area (Å²) in [5, 5.41) is 3.32. The van der Waals surface area contributed by atoms with Crippen molar-refractivity contribution < 1.29 is 9.53 Å². The Kier molecular flexibility index (Phi) is 3.50. The minimum atomic E-state index is -0.147. The highest BCUT2D eigenvalue weighted by molar-refractivity contribution is 5.83. The Morgan fingerprint density at radius 2 is 2.44 bits per heavy atom. The number of ether oxygens (including phenoxy) is 1. The Morgan fingerprint density at radius 1 is 1.62 bits per heavy atom. The van der Waals surface area contributed by atoms with Gasteiger partial charge >= 0.3 is 0 Å². The molecule has 2 aliphatic heterocycles. The molecule has 2 saturated heterocycles. The molecule has 0 bridgehead atoms. The molecule has 1 N–H and O–H groups in total. The van der Waals surface area contributed by atoms with Gasteiger partial charge in [0.15, 0.2) is 0 Å². The first-order valence-electron chi connectivity index (χ1n) is 6.29. The van der Waals surface area contributed by atoms with Gasteiger partial charge in [-0.25, -0.2) is 0 Å². The Balaban J connectivity index is 2.10. The average Bonchev–Trinajstić information content (AvgIpc) is 2.78. The Labute approximate surface area is 97.3 Å². The van der Waals surface area contributed by atoms with Crippen LogP contribution in [0.5, 0.6) is 0 Å². The van der Waals surface area contributed by atoms with Gasteiger partial charge in [-0.15, -0.1) is 0 Å². The fourth-order valence-electron chi connectivity index (χ4n) is 2.71. The smallest absolute Gasteiger partial charge is 0.230 e. The predicted octanol–water partition coefficient (Wildman–Crippen LogP) is 0.623. The van der Waals surface area contributed by atoms with Gasteiger partial charge in [0.25, 0.3) is 0 Å². The summed E-state index contributed by atoms with van der Waals surface area (Å²) in [6, 6.07) is 0.227. The van der Waals surface area contributed by atoms with E-state index in [9.17, 15) is 4.79 Å². The second-order valence-corrected chi connectivity index (χ2v) is 4.98. The van der Waals surface area contributed by atoms with Gasteiger partial charge in [0.05, 0.1) is 24.7 Å². The zero-order chi connectivity index (χ0) is 11.6. The highest BCUT2D eigenvalue weighted by atomic mass is 16.5. The van der Waals surface area contributed by atoms with Crippen molar-refractivity contribution in [3.63, 3.8) is 0 Å². The summed E-state index contributed by atoms with van der Waals surface area (Å²) in [5.74, 6) is 0.329. The standard InChI is InChI=1S/C12H22N2O2/c1-3-12(4-5-13-9-12)11(15)14-6-7-16-8-10(14)2/h10,13H,3-9H2,1-2H3/t10-,12?/m1/s1. The molecule has 16 heavy (non-hydrogen) atoms. The number of morpholine rings is 1. The fourth-order valence-corrected chi connectivity index (χ4v) is 2.71. The average molecular weight is 226 g/mol. The maximum atomic E-state index is 12.6. The van der Waals surface area contributed by atoms with E-state index < -0.39 is 0 Å². The summed E-state index contributed by atoms with van der Waals surface area (Å²) in [7, 11) is 0.